The van der Waals surface area contributed by atoms with Gasteiger partial charge in [-0.2, -0.15) is 0 Å². The predicted octanol–water partition coefficient (Wildman–Crippen LogP) is 2.25. The molecule has 0 fully saturated rings. The lowest BCUT2D eigenvalue weighted by Gasteiger charge is -2.06. The maximum Gasteiger partial charge on any atom is 0.265 e. The predicted molar refractivity (Wildman–Crippen MR) is 73.4 cm³/mol. The SMILES string of the molecule is CNCc1cc(S(=O)(=O)Nc2ccc(F)cc2)c(C)o1. The van der Waals surface area contributed by atoms with E-state index in [-0.39, 0.29) is 4.90 Å². The fraction of sp³-hybridized carbons (Fsp3) is 0.231. The summed E-state index contributed by atoms with van der Waals surface area (Å²) in [4.78, 5) is 0.0760. The van der Waals surface area contributed by atoms with Crippen LogP contribution >= 0.6 is 0 Å². The molecule has 0 aliphatic heterocycles. The van der Waals surface area contributed by atoms with Crippen molar-refractivity contribution in [3.05, 3.63) is 47.7 Å². The highest BCUT2D eigenvalue weighted by molar-refractivity contribution is 7.92. The first kappa shape index (κ1) is 14.5. The normalized spacial score (nSPS) is 11.6. The summed E-state index contributed by atoms with van der Waals surface area (Å²) in [5, 5.41) is 2.88. The molecule has 1 aromatic heterocycles. The highest BCUT2D eigenvalue weighted by Crippen LogP contribution is 2.23. The fourth-order valence-electron chi connectivity index (χ4n) is 1.78. The van der Waals surface area contributed by atoms with Crippen LogP contribution in [-0.2, 0) is 16.6 Å². The van der Waals surface area contributed by atoms with Crippen LogP contribution in [0.3, 0.4) is 0 Å². The minimum absolute atomic E-state index is 0.0760. The molecule has 0 atom stereocenters. The second kappa shape index (κ2) is 5.64. The third-order valence-electron chi connectivity index (χ3n) is 2.66. The molecule has 108 valence electrons. The van der Waals surface area contributed by atoms with Gasteiger partial charge in [0, 0.05) is 11.8 Å². The third-order valence-corrected chi connectivity index (χ3v) is 4.15. The molecule has 0 amide bonds. The van der Waals surface area contributed by atoms with Crippen LogP contribution in [0, 0.1) is 12.7 Å². The molecule has 0 saturated carbocycles. The van der Waals surface area contributed by atoms with E-state index >= 15 is 0 Å². The highest BCUT2D eigenvalue weighted by atomic mass is 32.2. The van der Waals surface area contributed by atoms with Crippen molar-refractivity contribution < 1.29 is 17.2 Å². The number of hydrogen-bond donors (Lipinski definition) is 2. The standard InChI is InChI=1S/C13H15FN2O3S/c1-9-13(7-12(19-9)8-15-2)20(17,18)16-11-5-3-10(14)4-6-11/h3-7,15-16H,8H2,1-2H3. The Hall–Kier alpha value is -1.86. The molecule has 20 heavy (non-hydrogen) atoms. The van der Waals surface area contributed by atoms with E-state index in [4.69, 9.17) is 4.42 Å². The van der Waals surface area contributed by atoms with Crippen molar-refractivity contribution in [2.45, 2.75) is 18.4 Å². The average molecular weight is 298 g/mol. The summed E-state index contributed by atoms with van der Waals surface area (Å²) in [5.41, 5.74) is 0.294. The molecule has 2 rings (SSSR count). The van der Waals surface area contributed by atoms with Crippen LogP contribution in [0.25, 0.3) is 0 Å². The van der Waals surface area contributed by atoms with Gasteiger partial charge in [-0.3, -0.25) is 4.72 Å². The monoisotopic (exact) mass is 298 g/mol. The van der Waals surface area contributed by atoms with E-state index in [0.717, 1.165) is 0 Å². The Labute approximate surface area is 116 Å². The number of anilines is 1. The first-order valence-electron chi connectivity index (χ1n) is 5.94. The van der Waals surface area contributed by atoms with Crippen molar-refractivity contribution in [2.75, 3.05) is 11.8 Å². The molecule has 0 radical (unpaired) electrons. The zero-order chi connectivity index (χ0) is 14.8. The molecule has 7 heteroatoms. The minimum Gasteiger partial charge on any atom is -0.464 e. The Bertz CT molecular complexity index is 693. The van der Waals surface area contributed by atoms with Gasteiger partial charge in [0.1, 0.15) is 22.2 Å². The molecule has 0 unspecified atom stereocenters. The minimum atomic E-state index is -3.75. The number of rotatable bonds is 5. The maximum absolute atomic E-state index is 12.8. The van der Waals surface area contributed by atoms with E-state index in [2.05, 4.69) is 10.0 Å². The van der Waals surface area contributed by atoms with Crippen molar-refractivity contribution in [2.24, 2.45) is 0 Å². The smallest absolute Gasteiger partial charge is 0.265 e. The van der Waals surface area contributed by atoms with Crippen LogP contribution in [-0.4, -0.2) is 15.5 Å². The van der Waals surface area contributed by atoms with Crippen molar-refractivity contribution in [1.29, 1.82) is 0 Å². The van der Waals surface area contributed by atoms with Crippen LogP contribution in [0.1, 0.15) is 11.5 Å². The number of sulfonamides is 1. The van der Waals surface area contributed by atoms with Crippen LogP contribution in [0.15, 0.2) is 39.6 Å². The Morgan fingerprint density at radius 3 is 2.50 bits per heavy atom. The molecule has 1 aromatic carbocycles. The van der Waals surface area contributed by atoms with E-state index in [9.17, 15) is 12.8 Å². The summed E-state index contributed by atoms with van der Waals surface area (Å²) in [6, 6.07) is 6.56. The van der Waals surface area contributed by atoms with E-state index in [0.29, 0.717) is 23.8 Å². The zero-order valence-corrected chi connectivity index (χ0v) is 11.9. The molecule has 0 bridgehead atoms. The summed E-state index contributed by atoms with van der Waals surface area (Å²) in [7, 11) is -2.01. The third kappa shape index (κ3) is 3.17. The maximum atomic E-state index is 12.8. The highest BCUT2D eigenvalue weighted by Gasteiger charge is 2.21. The summed E-state index contributed by atoms with van der Waals surface area (Å²) >= 11 is 0. The van der Waals surface area contributed by atoms with Gasteiger partial charge in [-0.05, 0) is 38.2 Å². The average Bonchev–Trinajstić information content (AvgIpc) is 2.74. The first-order valence-corrected chi connectivity index (χ1v) is 7.43. The molecule has 2 N–H and O–H groups in total. The second-order valence-corrected chi connectivity index (χ2v) is 5.93. The van der Waals surface area contributed by atoms with Gasteiger partial charge < -0.3 is 9.73 Å². The fourth-order valence-corrected chi connectivity index (χ4v) is 3.04. The van der Waals surface area contributed by atoms with Crippen molar-refractivity contribution >= 4 is 15.7 Å². The zero-order valence-electron chi connectivity index (χ0n) is 11.1. The van der Waals surface area contributed by atoms with Crippen LogP contribution in [0.2, 0.25) is 0 Å². The summed E-state index contributed by atoms with van der Waals surface area (Å²) in [6.45, 7) is 2.02. The lowest BCUT2D eigenvalue weighted by Crippen LogP contribution is -2.13. The molecular weight excluding hydrogens is 283 g/mol. The van der Waals surface area contributed by atoms with Gasteiger partial charge >= 0.3 is 0 Å². The van der Waals surface area contributed by atoms with Crippen molar-refractivity contribution in [3.8, 4) is 0 Å². The number of furan rings is 1. The Kier molecular flexibility index (Phi) is 4.10. The van der Waals surface area contributed by atoms with Gasteiger partial charge in [0.25, 0.3) is 10.0 Å². The summed E-state index contributed by atoms with van der Waals surface area (Å²) in [5.74, 6) is 0.415. The lowest BCUT2D eigenvalue weighted by atomic mass is 10.3. The topological polar surface area (TPSA) is 71.3 Å². The number of nitrogens with one attached hydrogen (secondary N) is 2. The van der Waals surface area contributed by atoms with Gasteiger partial charge in [-0.25, -0.2) is 12.8 Å². The molecule has 0 aliphatic carbocycles. The second-order valence-electron chi connectivity index (χ2n) is 4.28. The summed E-state index contributed by atoms with van der Waals surface area (Å²) in [6.07, 6.45) is 0. The van der Waals surface area contributed by atoms with E-state index in [1.165, 1.54) is 30.3 Å². The van der Waals surface area contributed by atoms with Crippen LogP contribution in [0.4, 0.5) is 10.1 Å². The first-order chi connectivity index (χ1) is 9.42. The molecule has 0 spiro atoms. The van der Waals surface area contributed by atoms with Crippen LogP contribution in [0.5, 0.6) is 0 Å². The lowest BCUT2D eigenvalue weighted by molar-refractivity contribution is 0.466. The number of benzene rings is 1. The van der Waals surface area contributed by atoms with Crippen molar-refractivity contribution in [3.63, 3.8) is 0 Å². The number of hydrogen-bond acceptors (Lipinski definition) is 4. The van der Waals surface area contributed by atoms with E-state index in [1.54, 1.807) is 14.0 Å². The largest absolute Gasteiger partial charge is 0.464 e. The van der Waals surface area contributed by atoms with E-state index in [1.807, 2.05) is 0 Å². The molecular formula is C13H15FN2O3S. The molecule has 0 aliphatic rings. The van der Waals surface area contributed by atoms with Gasteiger partial charge in [0.15, 0.2) is 0 Å². The van der Waals surface area contributed by atoms with Crippen LogP contribution < -0.4 is 10.0 Å². The molecule has 0 saturated heterocycles. The van der Waals surface area contributed by atoms with E-state index < -0.39 is 15.8 Å². The summed E-state index contributed by atoms with van der Waals surface area (Å²) < 4.78 is 45.0. The van der Waals surface area contributed by atoms with Gasteiger partial charge in [-0.1, -0.05) is 0 Å². The van der Waals surface area contributed by atoms with Crippen molar-refractivity contribution in [1.82, 2.24) is 5.32 Å². The number of halogens is 1. The van der Waals surface area contributed by atoms with Gasteiger partial charge in [-0.15, -0.1) is 0 Å². The quantitative estimate of drug-likeness (QED) is 0.888. The Balaban J connectivity index is 2.28. The number of aryl methyl sites for hydroxylation is 1. The van der Waals surface area contributed by atoms with Gasteiger partial charge in [0.05, 0.1) is 6.54 Å². The molecule has 5 nitrogen and oxygen atoms in total. The molecule has 1 heterocycles. The molecule has 2 aromatic rings. The van der Waals surface area contributed by atoms with Gasteiger partial charge in [0.2, 0.25) is 0 Å². The Morgan fingerprint density at radius 1 is 1.25 bits per heavy atom. The Morgan fingerprint density at radius 2 is 1.90 bits per heavy atom.